The molecular weight excluding hydrogens is 502 g/mol. The van der Waals surface area contributed by atoms with E-state index in [9.17, 15) is 9.59 Å². The van der Waals surface area contributed by atoms with Crippen molar-refractivity contribution in [3.8, 4) is 0 Å². The van der Waals surface area contributed by atoms with Gasteiger partial charge in [0.1, 0.15) is 6.04 Å². The fraction of sp³-hybridized carbons (Fsp3) is 0.250. The van der Waals surface area contributed by atoms with Gasteiger partial charge in [-0.25, -0.2) is 19.1 Å². The number of pyridine rings is 1. The molecule has 1 aliphatic heterocycles. The number of allylic oxidation sites excluding steroid dienone is 5. The normalized spacial score (nSPS) is 16.7. The summed E-state index contributed by atoms with van der Waals surface area (Å²) in [5, 5.41) is 11.7. The molecule has 0 saturated carbocycles. The van der Waals surface area contributed by atoms with Crippen LogP contribution in [0.2, 0.25) is 5.02 Å². The third-order valence-corrected chi connectivity index (χ3v) is 6.38. The summed E-state index contributed by atoms with van der Waals surface area (Å²) >= 11 is 6.11. The summed E-state index contributed by atoms with van der Waals surface area (Å²) in [6.45, 7) is 6.03. The fourth-order valence-electron chi connectivity index (χ4n) is 4.03. The molecule has 3 heterocycles. The van der Waals surface area contributed by atoms with Crippen LogP contribution in [-0.2, 0) is 11.3 Å². The minimum absolute atomic E-state index is 0.109. The molecule has 0 unspecified atom stereocenters. The molecule has 1 aliphatic rings. The number of nitrogens with two attached hydrogens (primary N) is 1. The number of carbonyl (C=O) groups is 1. The highest BCUT2D eigenvalue weighted by atomic mass is 35.5. The summed E-state index contributed by atoms with van der Waals surface area (Å²) in [5.74, 6) is -0.518. The van der Waals surface area contributed by atoms with E-state index >= 15 is 0 Å². The van der Waals surface area contributed by atoms with Crippen LogP contribution in [-0.4, -0.2) is 37.5 Å². The highest BCUT2D eigenvalue weighted by Crippen LogP contribution is 2.27. The standard InChI is InChI=1S/C28H30ClN7O2/c1-4-5-6-7-8-9-22-17-34(32-25(22)21-11-13-23(29)14-12-21)27-33-35(18-24-15-10-19(2)16-31-24)28(38)36(27)20(3)26(30)37/h4-16,20,22H,17-18H2,1-3H3,(H2,30,37)/b5-4-,7-6-,9-8+/t20-,22-/m0/s1. The Bertz CT molecular complexity index is 1460. The van der Waals surface area contributed by atoms with Crippen molar-refractivity contribution in [2.24, 2.45) is 16.8 Å². The van der Waals surface area contributed by atoms with Crippen molar-refractivity contribution in [3.63, 3.8) is 0 Å². The van der Waals surface area contributed by atoms with E-state index in [1.165, 1.54) is 9.25 Å². The Kier molecular flexibility index (Phi) is 8.38. The van der Waals surface area contributed by atoms with Gasteiger partial charge in [0.05, 0.1) is 24.5 Å². The van der Waals surface area contributed by atoms with Gasteiger partial charge >= 0.3 is 5.69 Å². The molecular formula is C28H30ClN7O2. The molecule has 0 spiro atoms. The third-order valence-electron chi connectivity index (χ3n) is 6.13. The SMILES string of the molecule is C\C=C/C=C\C=C\[C@H]1CN(c2nn(Cc3ccc(C)cn3)c(=O)n2[C@@H](C)C(N)=O)N=C1c1ccc(Cl)cc1. The van der Waals surface area contributed by atoms with Crippen molar-refractivity contribution < 1.29 is 4.79 Å². The summed E-state index contributed by atoms with van der Waals surface area (Å²) in [5.41, 5.74) is 8.50. The lowest BCUT2D eigenvalue weighted by Crippen LogP contribution is -2.35. The van der Waals surface area contributed by atoms with Crippen LogP contribution in [0.25, 0.3) is 0 Å². The maximum atomic E-state index is 13.4. The maximum absolute atomic E-state index is 13.4. The number of hydrogen-bond donors (Lipinski definition) is 1. The van der Waals surface area contributed by atoms with E-state index in [0.717, 1.165) is 16.8 Å². The first kappa shape index (κ1) is 26.8. The number of primary amides is 1. The van der Waals surface area contributed by atoms with E-state index in [2.05, 4.69) is 10.1 Å². The first-order chi connectivity index (χ1) is 18.3. The largest absolute Gasteiger partial charge is 0.368 e. The Balaban J connectivity index is 1.76. The van der Waals surface area contributed by atoms with Crippen LogP contribution in [0.1, 0.15) is 36.7 Å². The number of aryl methyl sites for hydroxylation is 1. The van der Waals surface area contributed by atoms with Crippen molar-refractivity contribution in [2.75, 3.05) is 11.6 Å². The molecule has 3 aromatic rings. The molecule has 9 nitrogen and oxygen atoms in total. The predicted molar refractivity (Wildman–Crippen MR) is 150 cm³/mol. The van der Waals surface area contributed by atoms with Gasteiger partial charge in [0.25, 0.3) is 0 Å². The Morgan fingerprint density at radius 1 is 1.16 bits per heavy atom. The number of nitrogens with zero attached hydrogens (tertiary/aromatic N) is 6. The Morgan fingerprint density at radius 2 is 1.89 bits per heavy atom. The molecule has 0 fully saturated rings. The molecule has 38 heavy (non-hydrogen) atoms. The topological polar surface area (TPSA) is 111 Å². The molecule has 1 aromatic carbocycles. The lowest BCUT2D eigenvalue weighted by molar-refractivity contribution is -0.120. The molecule has 2 aromatic heterocycles. The van der Waals surface area contributed by atoms with Crippen LogP contribution in [0.3, 0.4) is 0 Å². The first-order valence-corrected chi connectivity index (χ1v) is 12.6. The number of aromatic nitrogens is 4. The fourth-order valence-corrected chi connectivity index (χ4v) is 4.15. The summed E-state index contributed by atoms with van der Waals surface area (Å²) in [7, 11) is 0. The van der Waals surface area contributed by atoms with E-state index in [0.29, 0.717) is 17.3 Å². The Labute approximate surface area is 226 Å². The second-order valence-corrected chi connectivity index (χ2v) is 9.43. The summed E-state index contributed by atoms with van der Waals surface area (Å²) in [4.78, 5) is 30.0. The summed E-state index contributed by atoms with van der Waals surface area (Å²) < 4.78 is 2.57. The molecule has 4 rings (SSSR count). The van der Waals surface area contributed by atoms with Crippen molar-refractivity contribution in [3.05, 3.63) is 111 Å². The Morgan fingerprint density at radius 3 is 2.55 bits per heavy atom. The van der Waals surface area contributed by atoms with Crippen LogP contribution in [0.15, 0.2) is 88.9 Å². The summed E-state index contributed by atoms with van der Waals surface area (Å²) in [6, 6.07) is 10.3. The second kappa shape index (κ2) is 11.9. The smallest absolute Gasteiger partial charge is 0.348 e. The average molecular weight is 532 g/mol. The van der Waals surface area contributed by atoms with Gasteiger partial charge in [-0.2, -0.15) is 5.10 Å². The van der Waals surface area contributed by atoms with E-state index in [1.54, 1.807) is 18.1 Å². The third kappa shape index (κ3) is 6.00. The van der Waals surface area contributed by atoms with Crippen LogP contribution >= 0.6 is 11.6 Å². The number of halogens is 1. The van der Waals surface area contributed by atoms with Gasteiger partial charge in [-0.1, -0.05) is 66.3 Å². The first-order valence-electron chi connectivity index (χ1n) is 12.3. The highest BCUT2D eigenvalue weighted by molar-refractivity contribution is 6.30. The van der Waals surface area contributed by atoms with E-state index in [1.807, 2.05) is 86.7 Å². The number of hydrazone groups is 1. The lowest BCUT2D eigenvalue weighted by atomic mass is 9.97. The molecule has 0 radical (unpaired) electrons. The number of rotatable bonds is 9. The van der Waals surface area contributed by atoms with Gasteiger partial charge in [0.2, 0.25) is 11.9 Å². The number of hydrogen-bond acceptors (Lipinski definition) is 6. The predicted octanol–water partition coefficient (Wildman–Crippen LogP) is 4.03. The monoisotopic (exact) mass is 531 g/mol. The number of anilines is 1. The number of benzene rings is 1. The Hall–Kier alpha value is -4.24. The van der Waals surface area contributed by atoms with E-state index < -0.39 is 17.6 Å². The summed E-state index contributed by atoms with van der Waals surface area (Å²) in [6.07, 6.45) is 13.5. The zero-order chi connectivity index (χ0) is 27.2. The van der Waals surface area contributed by atoms with E-state index in [4.69, 9.17) is 22.4 Å². The van der Waals surface area contributed by atoms with Crippen molar-refractivity contribution in [1.29, 1.82) is 0 Å². The molecule has 1 amide bonds. The van der Waals surface area contributed by atoms with Crippen molar-refractivity contribution in [2.45, 2.75) is 33.4 Å². The highest BCUT2D eigenvalue weighted by Gasteiger charge is 2.32. The van der Waals surface area contributed by atoms with Crippen molar-refractivity contribution in [1.82, 2.24) is 19.3 Å². The maximum Gasteiger partial charge on any atom is 0.348 e. The van der Waals surface area contributed by atoms with E-state index in [-0.39, 0.29) is 18.4 Å². The van der Waals surface area contributed by atoms with Gasteiger partial charge in [0.15, 0.2) is 0 Å². The molecule has 10 heteroatoms. The molecule has 0 bridgehead atoms. The van der Waals surface area contributed by atoms with Gasteiger partial charge in [-0.3, -0.25) is 9.78 Å². The zero-order valence-corrected chi connectivity index (χ0v) is 22.3. The lowest BCUT2D eigenvalue weighted by Gasteiger charge is -2.16. The minimum atomic E-state index is -0.926. The molecule has 2 atom stereocenters. The van der Waals surface area contributed by atoms with Gasteiger partial charge < -0.3 is 5.73 Å². The van der Waals surface area contributed by atoms with Crippen LogP contribution < -0.4 is 16.4 Å². The molecule has 0 saturated heterocycles. The van der Waals surface area contributed by atoms with Crippen LogP contribution in [0, 0.1) is 12.8 Å². The quantitative estimate of drug-likeness (QED) is 0.419. The zero-order valence-electron chi connectivity index (χ0n) is 21.5. The van der Waals surface area contributed by atoms with Crippen molar-refractivity contribution >= 4 is 29.2 Å². The van der Waals surface area contributed by atoms with Crippen LogP contribution in [0.4, 0.5) is 5.95 Å². The molecule has 2 N–H and O–H groups in total. The van der Waals surface area contributed by atoms with Gasteiger partial charge in [-0.05, 0) is 50.1 Å². The van der Waals surface area contributed by atoms with Gasteiger partial charge in [0, 0.05) is 17.1 Å². The minimum Gasteiger partial charge on any atom is -0.368 e. The number of amides is 1. The second-order valence-electron chi connectivity index (χ2n) is 8.99. The van der Waals surface area contributed by atoms with Gasteiger partial charge in [-0.15, -0.1) is 5.10 Å². The molecule has 0 aliphatic carbocycles. The average Bonchev–Trinajstić information content (AvgIpc) is 3.46. The number of carbonyl (C=O) groups excluding carboxylic acids is 1. The van der Waals surface area contributed by atoms with Crippen LogP contribution in [0.5, 0.6) is 0 Å². The molecule has 196 valence electrons.